The van der Waals surface area contributed by atoms with E-state index >= 15 is 0 Å². The lowest BCUT2D eigenvalue weighted by Gasteiger charge is -2.22. The largest absolute Gasteiger partial charge is 0.386 e. The number of carbonyl (C=O) groups excluding carboxylic acids is 1. The van der Waals surface area contributed by atoms with E-state index in [0.717, 1.165) is 21.1 Å². The molecule has 0 saturated heterocycles. The molecule has 0 spiro atoms. The zero-order valence-electron chi connectivity index (χ0n) is 14.5. The van der Waals surface area contributed by atoms with Crippen molar-refractivity contribution in [2.45, 2.75) is 32.8 Å². The Morgan fingerprint density at radius 1 is 1.33 bits per heavy atom. The van der Waals surface area contributed by atoms with E-state index in [-0.39, 0.29) is 25.5 Å². The number of amides is 1. The van der Waals surface area contributed by atoms with Gasteiger partial charge < -0.3 is 15.2 Å². The quantitative estimate of drug-likeness (QED) is 0.806. The molecule has 0 aliphatic heterocycles. The highest BCUT2D eigenvalue weighted by molar-refractivity contribution is 7.12. The SMILES string of the molecule is COCC(C)(O)CNC(=O)Cc1sc(C)nc1-c1ccc(C)cc1. The van der Waals surface area contributed by atoms with Crippen molar-refractivity contribution in [1.82, 2.24) is 10.3 Å². The highest BCUT2D eigenvalue weighted by atomic mass is 32.1. The fourth-order valence-electron chi connectivity index (χ4n) is 2.39. The molecule has 1 aromatic carbocycles. The van der Waals surface area contributed by atoms with Crippen LogP contribution in [0.5, 0.6) is 0 Å². The van der Waals surface area contributed by atoms with Crippen LogP contribution in [0.3, 0.4) is 0 Å². The fraction of sp³-hybridized carbons (Fsp3) is 0.444. The highest BCUT2D eigenvalue weighted by Gasteiger charge is 2.22. The summed E-state index contributed by atoms with van der Waals surface area (Å²) in [6, 6.07) is 8.12. The molecule has 130 valence electrons. The van der Waals surface area contributed by atoms with Crippen LogP contribution in [0.2, 0.25) is 0 Å². The first-order chi connectivity index (χ1) is 11.3. The lowest BCUT2D eigenvalue weighted by Crippen LogP contribution is -2.44. The van der Waals surface area contributed by atoms with E-state index in [1.165, 1.54) is 24.0 Å². The summed E-state index contributed by atoms with van der Waals surface area (Å²) in [5.41, 5.74) is 1.98. The summed E-state index contributed by atoms with van der Waals surface area (Å²) in [7, 11) is 1.52. The molecule has 2 N–H and O–H groups in total. The van der Waals surface area contributed by atoms with E-state index in [9.17, 15) is 9.90 Å². The number of aryl methyl sites for hydroxylation is 2. The van der Waals surface area contributed by atoms with Gasteiger partial charge in [0.1, 0.15) is 5.60 Å². The Kier molecular flexibility index (Phi) is 6.10. The minimum Gasteiger partial charge on any atom is -0.386 e. The summed E-state index contributed by atoms with van der Waals surface area (Å²) < 4.78 is 4.94. The predicted molar refractivity (Wildman–Crippen MR) is 96.2 cm³/mol. The summed E-state index contributed by atoms with van der Waals surface area (Å²) in [4.78, 5) is 17.7. The highest BCUT2D eigenvalue weighted by Crippen LogP contribution is 2.28. The first-order valence-corrected chi connectivity index (χ1v) is 8.64. The molecule has 1 heterocycles. The molecule has 6 heteroatoms. The first-order valence-electron chi connectivity index (χ1n) is 7.82. The topological polar surface area (TPSA) is 71.5 Å². The van der Waals surface area contributed by atoms with E-state index in [2.05, 4.69) is 10.3 Å². The average Bonchev–Trinajstić information content (AvgIpc) is 2.86. The lowest BCUT2D eigenvalue weighted by molar-refractivity contribution is -0.122. The van der Waals surface area contributed by atoms with Gasteiger partial charge in [-0.3, -0.25) is 4.79 Å². The van der Waals surface area contributed by atoms with Gasteiger partial charge in [0.2, 0.25) is 5.91 Å². The second-order valence-electron chi connectivity index (χ2n) is 6.25. The predicted octanol–water partition coefficient (Wildman–Crippen LogP) is 2.48. The number of benzene rings is 1. The van der Waals surface area contributed by atoms with Gasteiger partial charge in [-0.25, -0.2) is 4.98 Å². The summed E-state index contributed by atoms with van der Waals surface area (Å²) in [5, 5.41) is 13.7. The summed E-state index contributed by atoms with van der Waals surface area (Å²) in [6.45, 7) is 5.92. The minimum absolute atomic E-state index is 0.136. The molecule has 0 aliphatic rings. The number of thiazole rings is 1. The molecule has 1 aromatic heterocycles. The smallest absolute Gasteiger partial charge is 0.225 e. The Labute approximate surface area is 146 Å². The Balaban J connectivity index is 2.07. The molecular weight excluding hydrogens is 324 g/mol. The number of hydrogen-bond acceptors (Lipinski definition) is 5. The molecule has 1 amide bonds. The van der Waals surface area contributed by atoms with Gasteiger partial charge in [-0.05, 0) is 20.8 Å². The van der Waals surface area contributed by atoms with Gasteiger partial charge in [-0.1, -0.05) is 29.8 Å². The van der Waals surface area contributed by atoms with Gasteiger partial charge in [-0.2, -0.15) is 0 Å². The van der Waals surface area contributed by atoms with Crippen molar-refractivity contribution in [3.8, 4) is 11.3 Å². The zero-order chi connectivity index (χ0) is 17.7. The molecule has 0 bridgehead atoms. The third-order valence-corrected chi connectivity index (χ3v) is 4.54. The van der Waals surface area contributed by atoms with Crippen molar-refractivity contribution in [3.05, 3.63) is 39.7 Å². The number of nitrogens with zero attached hydrogens (tertiary/aromatic N) is 1. The summed E-state index contributed by atoms with van der Waals surface area (Å²) in [6.07, 6.45) is 0.248. The molecule has 0 fully saturated rings. The van der Waals surface area contributed by atoms with E-state index in [1.807, 2.05) is 38.1 Å². The molecule has 1 unspecified atom stereocenters. The number of aliphatic hydroxyl groups is 1. The number of nitrogens with one attached hydrogen (secondary N) is 1. The van der Waals surface area contributed by atoms with Crippen molar-refractivity contribution in [3.63, 3.8) is 0 Å². The maximum absolute atomic E-state index is 12.2. The van der Waals surface area contributed by atoms with Gasteiger partial charge in [0.05, 0.1) is 23.7 Å². The summed E-state index contributed by atoms with van der Waals surface area (Å²) >= 11 is 1.53. The number of ether oxygens (including phenoxy) is 1. The number of methoxy groups -OCH3 is 1. The Morgan fingerprint density at radius 2 is 2.00 bits per heavy atom. The van der Waals surface area contributed by atoms with Crippen molar-refractivity contribution in [2.75, 3.05) is 20.3 Å². The normalized spacial score (nSPS) is 13.5. The molecule has 24 heavy (non-hydrogen) atoms. The maximum Gasteiger partial charge on any atom is 0.225 e. The van der Waals surface area contributed by atoms with E-state index in [1.54, 1.807) is 6.92 Å². The van der Waals surface area contributed by atoms with Crippen molar-refractivity contribution in [1.29, 1.82) is 0 Å². The van der Waals surface area contributed by atoms with Gasteiger partial charge in [0, 0.05) is 24.1 Å². The third-order valence-electron chi connectivity index (χ3n) is 3.57. The van der Waals surface area contributed by atoms with Crippen LogP contribution in [-0.4, -0.2) is 41.9 Å². The molecule has 2 rings (SSSR count). The molecule has 0 aliphatic carbocycles. The Hall–Kier alpha value is -1.76. The maximum atomic E-state index is 12.2. The number of aromatic nitrogens is 1. The van der Waals surface area contributed by atoms with Crippen LogP contribution in [0.25, 0.3) is 11.3 Å². The van der Waals surface area contributed by atoms with Crippen LogP contribution < -0.4 is 5.32 Å². The molecule has 5 nitrogen and oxygen atoms in total. The zero-order valence-corrected chi connectivity index (χ0v) is 15.4. The molecule has 2 aromatic rings. The van der Waals surface area contributed by atoms with Gasteiger partial charge >= 0.3 is 0 Å². The Morgan fingerprint density at radius 3 is 2.62 bits per heavy atom. The van der Waals surface area contributed by atoms with Gasteiger partial charge in [0.25, 0.3) is 0 Å². The van der Waals surface area contributed by atoms with Crippen LogP contribution >= 0.6 is 11.3 Å². The standard InChI is InChI=1S/C18H24N2O3S/c1-12-5-7-14(8-6-12)17-15(24-13(2)20-17)9-16(21)19-10-18(3,22)11-23-4/h5-8,22H,9-11H2,1-4H3,(H,19,21). The van der Waals surface area contributed by atoms with Crippen LogP contribution in [0.4, 0.5) is 0 Å². The van der Waals surface area contributed by atoms with Crippen LogP contribution in [-0.2, 0) is 16.0 Å². The molecular formula is C18H24N2O3S. The Bertz CT molecular complexity index is 693. The lowest BCUT2D eigenvalue weighted by atomic mass is 10.1. The van der Waals surface area contributed by atoms with Crippen LogP contribution in [0.1, 0.15) is 22.4 Å². The van der Waals surface area contributed by atoms with Crippen molar-refractivity contribution in [2.24, 2.45) is 0 Å². The van der Waals surface area contributed by atoms with Crippen LogP contribution in [0, 0.1) is 13.8 Å². The number of hydrogen-bond donors (Lipinski definition) is 2. The summed E-state index contributed by atoms with van der Waals surface area (Å²) in [5.74, 6) is -0.136. The average molecular weight is 348 g/mol. The molecule has 1 atom stereocenters. The second kappa shape index (κ2) is 7.88. The van der Waals surface area contributed by atoms with Crippen molar-refractivity contribution >= 4 is 17.2 Å². The van der Waals surface area contributed by atoms with Gasteiger partial charge in [0.15, 0.2) is 0 Å². The van der Waals surface area contributed by atoms with E-state index < -0.39 is 5.60 Å². The molecule has 0 saturated carbocycles. The fourth-order valence-corrected chi connectivity index (χ4v) is 3.34. The minimum atomic E-state index is -1.08. The number of rotatable bonds is 7. The monoisotopic (exact) mass is 348 g/mol. The second-order valence-corrected chi connectivity index (χ2v) is 7.54. The van der Waals surface area contributed by atoms with Crippen molar-refractivity contribution < 1.29 is 14.6 Å². The van der Waals surface area contributed by atoms with E-state index in [4.69, 9.17) is 4.74 Å². The first kappa shape index (κ1) is 18.6. The van der Waals surface area contributed by atoms with Gasteiger partial charge in [-0.15, -0.1) is 11.3 Å². The third kappa shape index (κ3) is 5.12. The van der Waals surface area contributed by atoms with Crippen LogP contribution in [0.15, 0.2) is 24.3 Å². The molecule has 0 radical (unpaired) electrons. The number of carbonyl (C=O) groups is 1. The van der Waals surface area contributed by atoms with E-state index in [0.29, 0.717) is 0 Å².